The van der Waals surface area contributed by atoms with Gasteiger partial charge in [0.05, 0.1) is 10.2 Å². The van der Waals surface area contributed by atoms with Crippen LogP contribution < -0.4 is 16.0 Å². The molecule has 0 unspecified atom stereocenters. The number of para-hydroxylation sites is 1. The molecule has 0 aliphatic carbocycles. The number of hydrogen-bond acceptors (Lipinski definition) is 8. The van der Waals surface area contributed by atoms with Crippen LogP contribution in [-0.4, -0.2) is 46.3 Å². The second kappa shape index (κ2) is 10.4. The van der Waals surface area contributed by atoms with Crippen LogP contribution in [0.5, 0.6) is 0 Å². The number of allylic oxidation sites excluding steroid dienone is 1. The molecule has 1 amide bonds. The van der Waals surface area contributed by atoms with E-state index in [0.717, 1.165) is 21.3 Å². The molecule has 10 heteroatoms. The maximum absolute atomic E-state index is 13.3. The van der Waals surface area contributed by atoms with Crippen LogP contribution >= 0.6 is 11.3 Å². The van der Waals surface area contributed by atoms with Crippen LogP contribution in [0.2, 0.25) is 0 Å². The smallest absolute Gasteiger partial charge is 0.355 e. The van der Waals surface area contributed by atoms with Crippen LogP contribution in [0.1, 0.15) is 44.5 Å². The van der Waals surface area contributed by atoms with Crippen molar-refractivity contribution in [1.82, 2.24) is 9.97 Å². The topological polar surface area (TPSA) is 134 Å². The first-order valence-electron chi connectivity index (χ1n) is 12.0. The number of hydrogen-bond donors (Lipinski definition) is 3. The van der Waals surface area contributed by atoms with E-state index < -0.39 is 5.97 Å². The summed E-state index contributed by atoms with van der Waals surface area (Å²) in [7, 11) is 1.62. The molecule has 38 heavy (non-hydrogen) atoms. The summed E-state index contributed by atoms with van der Waals surface area (Å²) in [5.41, 5.74) is 10.6. The zero-order chi connectivity index (χ0) is 26.8. The lowest BCUT2D eigenvalue weighted by Gasteiger charge is -2.31. The van der Waals surface area contributed by atoms with Gasteiger partial charge in [0.1, 0.15) is 5.82 Å². The number of amides is 1. The van der Waals surface area contributed by atoms with Crippen LogP contribution in [0.4, 0.5) is 10.9 Å². The number of nitrogens with one attached hydrogen (secondary N) is 1. The molecule has 9 nitrogen and oxygen atoms in total. The highest BCUT2D eigenvalue weighted by atomic mass is 32.1. The summed E-state index contributed by atoms with van der Waals surface area (Å²) in [4.78, 5) is 40.6. The summed E-state index contributed by atoms with van der Waals surface area (Å²) in [6.07, 6.45) is 2.04. The molecule has 4 N–H and O–H groups in total. The second-order valence-electron chi connectivity index (χ2n) is 8.82. The zero-order valence-corrected chi connectivity index (χ0v) is 21.7. The number of thiazole rings is 1. The highest BCUT2D eigenvalue weighted by Gasteiger charge is 2.25. The first-order valence-corrected chi connectivity index (χ1v) is 12.8. The molecule has 2 aromatic carbocycles. The predicted octanol–water partition coefficient (Wildman–Crippen LogP) is 4.59. The molecule has 0 saturated carbocycles. The van der Waals surface area contributed by atoms with E-state index >= 15 is 0 Å². The van der Waals surface area contributed by atoms with E-state index in [1.807, 2.05) is 41.3 Å². The third-order valence-corrected chi connectivity index (χ3v) is 7.57. The number of carboxylic acid groups (broad SMARTS) is 1. The maximum Gasteiger partial charge on any atom is 0.355 e. The Morgan fingerprint density at radius 1 is 1.11 bits per heavy atom. The number of aromatic nitrogens is 2. The van der Waals surface area contributed by atoms with Gasteiger partial charge in [-0.25, -0.2) is 14.8 Å². The van der Waals surface area contributed by atoms with Gasteiger partial charge in [0, 0.05) is 48.7 Å². The second-order valence-corrected chi connectivity index (χ2v) is 9.85. The Hall–Kier alpha value is -4.57. The molecule has 192 valence electrons. The van der Waals surface area contributed by atoms with Gasteiger partial charge in [-0.2, -0.15) is 0 Å². The third kappa shape index (κ3) is 4.73. The molecule has 0 spiro atoms. The maximum atomic E-state index is 13.3. The molecule has 1 aliphatic heterocycles. The van der Waals surface area contributed by atoms with E-state index in [1.54, 1.807) is 32.2 Å². The summed E-state index contributed by atoms with van der Waals surface area (Å²) in [6, 6.07) is 16.9. The van der Waals surface area contributed by atoms with Crippen LogP contribution in [-0.2, 0) is 13.0 Å². The van der Waals surface area contributed by atoms with Gasteiger partial charge in [0.2, 0.25) is 0 Å². The molecular weight excluding hydrogens is 500 g/mol. The number of anilines is 2. The van der Waals surface area contributed by atoms with Gasteiger partial charge in [-0.3, -0.25) is 15.1 Å². The Balaban J connectivity index is 1.44. The van der Waals surface area contributed by atoms with Crippen molar-refractivity contribution in [2.75, 3.05) is 23.8 Å². The Kier molecular flexibility index (Phi) is 6.89. The van der Waals surface area contributed by atoms with Crippen molar-refractivity contribution in [2.24, 2.45) is 10.7 Å². The number of fused-ring (bicyclic) bond motifs is 2. The van der Waals surface area contributed by atoms with E-state index in [4.69, 9.17) is 5.73 Å². The standard InChI is InChI=1S/C28H26N6O3S/c1-16(30-2)20(14-29)18-10-11-24(32-25(18)27(36)37)34-13-12-17-6-5-7-19(21(17)15-34)26(35)33-28-31-22-8-3-4-9-23(22)38-28/h3-11,14H,12-13,15,29H2,1-2H3,(H,36,37)(H,31,33,35)/b20-14+,30-16?. The van der Waals surface area contributed by atoms with Gasteiger partial charge in [0.25, 0.3) is 5.91 Å². The van der Waals surface area contributed by atoms with Crippen molar-refractivity contribution in [3.8, 4) is 0 Å². The number of aliphatic imine (C=N–C) groups is 1. The minimum Gasteiger partial charge on any atom is -0.476 e. The molecule has 0 fully saturated rings. The Morgan fingerprint density at radius 2 is 1.92 bits per heavy atom. The molecule has 0 atom stereocenters. The van der Waals surface area contributed by atoms with Gasteiger partial charge >= 0.3 is 5.97 Å². The monoisotopic (exact) mass is 526 g/mol. The first kappa shape index (κ1) is 25.1. The van der Waals surface area contributed by atoms with Crippen molar-refractivity contribution in [3.05, 3.63) is 88.7 Å². The van der Waals surface area contributed by atoms with Gasteiger partial charge in [-0.05, 0) is 54.8 Å². The number of nitrogens with zero attached hydrogens (tertiary/aromatic N) is 4. The van der Waals surface area contributed by atoms with Crippen LogP contribution in [0.15, 0.2) is 65.8 Å². The lowest BCUT2D eigenvalue weighted by atomic mass is 9.94. The van der Waals surface area contributed by atoms with Crippen LogP contribution in [0.25, 0.3) is 15.8 Å². The summed E-state index contributed by atoms with van der Waals surface area (Å²) in [5, 5.41) is 13.4. The largest absolute Gasteiger partial charge is 0.476 e. The molecule has 0 saturated heterocycles. The summed E-state index contributed by atoms with van der Waals surface area (Å²) in [5.74, 6) is -0.872. The molecule has 0 bridgehead atoms. The normalized spacial score (nSPS) is 13.9. The van der Waals surface area contributed by atoms with E-state index in [2.05, 4.69) is 20.3 Å². The van der Waals surface area contributed by atoms with Crippen LogP contribution in [0, 0.1) is 0 Å². The fourth-order valence-corrected chi connectivity index (χ4v) is 5.47. The number of rotatable bonds is 6. The average Bonchev–Trinajstić information content (AvgIpc) is 3.35. The molecule has 5 rings (SSSR count). The fourth-order valence-electron chi connectivity index (χ4n) is 4.61. The summed E-state index contributed by atoms with van der Waals surface area (Å²) in [6.45, 7) is 2.82. The summed E-state index contributed by atoms with van der Waals surface area (Å²) >= 11 is 1.43. The van der Waals surface area contributed by atoms with Crippen molar-refractivity contribution < 1.29 is 14.7 Å². The Labute approximate surface area is 223 Å². The molecule has 2 aromatic heterocycles. The quantitative estimate of drug-likeness (QED) is 0.313. The van der Waals surface area contributed by atoms with Crippen molar-refractivity contribution in [2.45, 2.75) is 19.9 Å². The fraction of sp³-hybridized carbons (Fsp3) is 0.179. The van der Waals surface area contributed by atoms with Gasteiger partial charge in [0.15, 0.2) is 10.8 Å². The van der Waals surface area contributed by atoms with E-state index in [-0.39, 0.29) is 11.6 Å². The number of pyridine rings is 1. The Bertz CT molecular complexity index is 1590. The Morgan fingerprint density at radius 3 is 2.66 bits per heavy atom. The molecule has 0 radical (unpaired) electrons. The minimum atomic E-state index is -1.15. The number of carboxylic acids is 1. The molecule has 3 heterocycles. The van der Waals surface area contributed by atoms with Crippen molar-refractivity contribution in [1.29, 1.82) is 0 Å². The minimum absolute atomic E-state index is 0.102. The number of carbonyl (C=O) groups excluding carboxylic acids is 1. The predicted molar refractivity (Wildman–Crippen MR) is 151 cm³/mol. The lowest BCUT2D eigenvalue weighted by molar-refractivity contribution is 0.0690. The highest BCUT2D eigenvalue weighted by molar-refractivity contribution is 7.22. The molecule has 1 aliphatic rings. The highest BCUT2D eigenvalue weighted by Crippen LogP contribution is 2.30. The third-order valence-electron chi connectivity index (χ3n) is 6.62. The number of carbonyl (C=O) groups is 2. The summed E-state index contributed by atoms with van der Waals surface area (Å²) < 4.78 is 1.00. The number of aromatic carboxylic acids is 1. The van der Waals surface area contributed by atoms with E-state index in [9.17, 15) is 14.7 Å². The molecule has 4 aromatic rings. The average molecular weight is 527 g/mol. The van der Waals surface area contributed by atoms with Gasteiger partial charge in [-0.15, -0.1) is 0 Å². The van der Waals surface area contributed by atoms with Crippen molar-refractivity contribution in [3.63, 3.8) is 0 Å². The lowest BCUT2D eigenvalue weighted by Crippen LogP contribution is -2.33. The van der Waals surface area contributed by atoms with Crippen molar-refractivity contribution >= 4 is 55.7 Å². The molecular formula is C28H26N6O3S. The van der Waals surface area contributed by atoms with Crippen LogP contribution in [0.3, 0.4) is 0 Å². The van der Waals surface area contributed by atoms with E-state index in [1.165, 1.54) is 17.5 Å². The number of benzene rings is 2. The first-order chi connectivity index (χ1) is 18.4. The zero-order valence-electron chi connectivity index (χ0n) is 20.9. The van der Waals surface area contributed by atoms with Gasteiger partial charge in [-0.1, -0.05) is 35.6 Å². The number of nitrogens with two attached hydrogens (primary N) is 1. The SMILES string of the molecule is CN=C(C)/C(=C\N)c1ccc(N2CCc3cccc(C(=O)Nc4nc5ccccc5s4)c3C2)nc1C(=O)O. The van der Waals surface area contributed by atoms with Gasteiger partial charge < -0.3 is 15.7 Å². The van der Waals surface area contributed by atoms with E-state index in [0.29, 0.717) is 52.9 Å².